The van der Waals surface area contributed by atoms with Crippen LogP contribution < -0.4 is 0 Å². The Kier molecular flexibility index (Phi) is 7.64. The topological polar surface area (TPSA) is 63.7 Å². The zero-order valence-corrected chi connectivity index (χ0v) is 13.3. The molecule has 0 N–H and O–H groups in total. The van der Waals surface area contributed by atoms with Crippen LogP contribution in [0.1, 0.15) is 34.1 Å². The van der Waals surface area contributed by atoms with E-state index in [0.29, 0.717) is 6.41 Å². The van der Waals surface area contributed by atoms with Gasteiger partial charge in [0.05, 0.1) is 6.61 Å². The van der Waals surface area contributed by atoms with E-state index in [0.717, 1.165) is 11.1 Å². The van der Waals surface area contributed by atoms with Gasteiger partial charge in [-0.1, -0.05) is 25.2 Å². The number of nitrogens with zero attached hydrogens (tertiary/aromatic N) is 1. The first kappa shape index (κ1) is 17.5. The summed E-state index contributed by atoms with van der Waals surface area (Å²) in [5, 5.41) is 0.165. The first-order valence-corrected chi connectivity index (χ1v) is 9.55. The van der Waals surface area contributed by atoms with Gasteiger partial charge in [0.25, 0.3) is 0 Å². The molecule has 0 rings (SSSR count). The van der Waals surface area contributed by atoms with Crippen LogP contribution in [0.2, 0.25) is 0 Å². The predicted molar refractivity (Wildman–Crippen MR) is 74.9 cm³/mol. The fourth-order valence-corrected chi connectivity index (χ4v) is 6.46. The van der Waals surface area contributed by atoms with Crippen LogP contribution in [0.3, 0.4) is 0 Å². The van der Waals surface area contributed by atoms with Crippen molar-refractivity contribution in [2.75, 3.05) is 13.3 Å². The minimum atomic E-state index is -2.93. The van der Waals surface area contributed by atoms with Crippen LogP contribution in [0.5, 0.6) is 0 Å². The highest BCUT2D eigenvalue weighted by Crippen LogP contribution is 2.60. The zero-order chi connectivity index (χ0) is 14.3. The summed E-state index contributed by atoms with van der Waals surface area (Å²) in [4.78, 5) is 22.7. The van der Waals surface area contributed by atoms with Gasteiger partial charge >= 0.3 is 5.97 Å². The maximum absolute atomic E-state index is 12.5. The summed E-state index contributed by atoms with van der Waals surface area (Å²) in [7, 11) is 0. The summed E-state index contributed by atoms with van der Waals surface area (Å²) < 4.78 is 18.4. The van der Waals surface area contributed by atoms with Gasteiger partial charge in [-0.3, -0.25) is 14.0 Å². The minimum Gasteiger partial charge on any atom is -0.464 e. The molecule has 0 aromatic heterocycles. The van der Waals surface area contributed by atoms with Crippen molar-refractivity contribution in [3.63, 3.8) is 0 Å². The van der Waals surface area contributed by atoms with Crippen LogP contribution in [0.15, 0.2) is 0 Å². The van der Waals surface area contributed by atoms with Gasteiger partial charge in [-0.15, -0.1) is 0 Å². The first-order chi connectivity index (χ1) is 8.30. The van der Waals surface area contributed by atoms with E-state index in [9.17, 15) is 14.2 Å². The SMILES string of the molecule is CCOC(=O)C(C)N(C=O)P(C)(=O)SC(C)CC. The summed E-state index contributed by atoms with van der Waals surface area (Å²) in [6, 6.07) is -0.824. The van der Waals surface area contributed by atoms with Crippen molar-refractivity contribution in [1.82, 2.24) is 4.67 Å². The van der Waals surface area contributed by atoms with Gasteiger partial charge in [0.2, 0.25) is 12.9 Å². The average molecular weight is 295 g/mol. The molecule has 0 aliphatic carbocycles. The van der Waals surface area contributed by atoms with E-state index in [1.807, 2.05) is 13.8 Å². The highest BCUT2D eigenvalue weighted by Gasteiger charge is 2.34. The fourth-order valence-electron chi connectivity index (χ4n) is 1.33. The van der Waals surface area contributed by atoms with Crippen molar-refractivity contribution in [2.24, 2.45) is 0 Å². The van der Waals surface area contributed by atoms with Gasteiger partial charge in [-0.05, 0) is 20.3 Å². The fraction of sp³-hybridized carbons (Fsp3) is 0.818. The largest absolute Gasteiger partial charge is 0.464 e. The van der Waals surface area contributed by atoms with Gasteiger partial charge in [0.1, 0.15) is 6.04 Å². The van der Waals surface area contributed by atoms with E-state index in [4.69, 9.17) is 4.74 Å². The van der Waals surface area contributed by atoms with Crippen molar-refractivity contribution in [2.45, 2.75) is 45.4 Å². The Morgan fingerprint density at radius 3 is 2.39 bits per heavy atom. The van der Waals surface area contributed by atoms with Crippen LogP contribution in [-0.4, -0.2) is 41.6 Å². The molecule has 0 aliphatic rings. The minimum absolute atomic E-state index is 0.165. The molecule has 0 heterocycles. The molecule has 0 saturated heterocycles. The van der Waals surface area contributed by atoms with Crippen LogP contribution in [0.4, 0.5) is 0 Å². The van der Waals surface area contributed by atoms with Crippen LogP contribution in [0.25, 0.3) is 0 Å². The Morgan fingerprint density at radius 1 is 1.44 bits per heavy atom. The molecule has 0 aromatic carbocycles. The lowest BCUT2D eigenvalue weighted by Gasteiger charge is -2.30. The third kappa shape index (κ3) is 5.02. The van der Waals surface area contributed by atoms with Gasteiger partial charge in [-0.25, -0.2) is 4.79 Å². The summed E-state index contributed by atoms with van der Waals surface area (Å²) >= 11 is 1.24. The predicted octanol–water partition coefficient (Wildman–Crippen LogP) is 2.75. The molecule has 106 valence electrons. The van der Waals surface area contributed by atoms with Gasteiger partial charge in [0.15, 0.2) is 0 Å². The van der Waals surface area contributed by atoms with Gasteiger partial charge in [-0.2, -0.15) is 0 Å². The van der Waals surface area contributed by atoms with Crippen molar-refractivity contribution in [1.29, 1.82) is 0 Å². The van der Waals surface area contributed by atoms with E-state index in [1.54, 1.807) is 6.92 Å². The number of esters is 1. The summed E-state index contributed by atoms with van der Waals surface area (Å²) in [6.45, 7) is 5.96. The molecule has 0 saturated carbocycles. The molecule has 0 radical (unpaired) electrons. The van der Waals surface area contributed by atoms with Crippen molar-refractivity contribution in [3.05, 3.63) is 0 Å². The van der Waals surface area contributed by atoms with Gasteiger partial charge < -0.3 is 4.74 Å². The molecule has 0 aliphatic heterocycles. The Bertz CT molecular complexity index is 337. The van der Waals surface area contributed by atoms with Crippen molar-refractivity contribution < 1.29 is 18.9 Å². The number of ether oxygens (including phenoxy) is 1. The van der Waals surface area contributed by atoms with Crippen molar-refractivity contribution >= 4 is 30.3 Å². The third-order valence-electron chi connectivity index (χ3n) is 2.50. The Balaban J connectivity index is 4.89. The molecule has 18 heavy (non-hydrogen) atoms. The molecule has 3 unspecified atom stereocenters. The third-order valence-corrected chi connectivity index (χ3v) is 7.69. The molecule has 7 heteroatoms. The highest BCUT2D eigenvalue weighted by molar-refractivity contribution is 8.57. The van der Waals surface area contributed by atoms with Gasteiger partial charge in [0, 0.05) is 11.9 Å². The highest BCUT2D eigenvalue weighted by atomic mass is 32.7. The molecule has 0 fully saturated rings. The van der Waals surface area contributed by atoms with Crippen molar-refractivity contribution in [3.8, 4) is 0 Å². The van der Waals surface area contributed by atoms with E-state index < -0.39 is 18.5 Å². The second-order valence-electron chi connectivity index (χ2n) is 4.04. The second kappa shape index (κ2) is 7.85. The van der Waals surface area contributed by atoms with Crippen LogP contribution in [0, 0.1) is 0 Å². The number of rotatable bonds is 8. The molecular weight excluding hydrogens is 273 g/mol. The number of hydrogen-bond donors (Lipinski definition) is 0. The van der Waals surface area contributed by atoms with E-state index >= 15 is 0 Å². The second-order valence-corrected chi connectivity index (χ2v) is 9.79. The lowest BCUT2D eigenvalue weighted by Crippen LogP contribution is -2.36. The van der Waals surface area contributed by atoms with E-state index in [1.165, 1.54) is 25.0 Å². The molecular formula is C11H22NO4PS. The first-order valence-electron chi connectivity index (χ1n) is 5.96. The van der Waals surface area contributed by atoms with Crippen LogP contribution in [-0.2, 0) is 18.9 Å². The summed E-state index contributed by atoms with van der Waals surface area (Å²) in [6.07, 6.45) is 1.32. The maximum Gasteiger partial charge on any atom is 0.328 e. The quantitative estimate of drug-likeness (QED) is 0.391. The molecule has 0 spiro atoms. The summed E-state index contributed by atoms with van der Waals surface area (Å²) in [5.74, 6) is -0.531. The number of hydrogen-bond acceptors (Lipinski definition) is 5. The lowest BCUT2D eigenvalue weighted by atomic mass is 10.3. The maximum atomic E-state index is 12.5. The Labute approximate surface area is 113 Å². The van der Waals surface area contributed by atoms with E-state index in [2.05, 4.69) is 0 Å². The molecule has 5 nitrogen and oxygen atoms in total. The molecule has 0 aromatic rings. The Morgan fingerprint density at radius 2 is 2.00 bits per heavy atom. The number of carbonyl (C=O) groups is 2. The molecule has 3 atom stereocenters. The average Bonchev–Trinajstić information content (AvgIpc) is 2.28. The van der Waals surface area contributed by atoms with Crippen LogP contribution >= 0.6 is 17.9 Å². The zero-order valence-electron chi connectivity index (χ0n) is 11.6. The molecule has 1 amide bonds. The Hall–Kier alpha value is -0.480. The lowest BCUT2D eigenvalue weighted by molar-refractivity contribution is -0.148. The summed E-state index contributed by atoms with van der Waals surface area (Å²) in [5.41, 5.74) is 0. The number of carbonyl (C=O) groups excluding carboxylic acids is 2. The monoisotopic (exact) mass is 295 g/mol. The molecule has 0 bridgehead atoms. The van der Waals surface area contributed by atoms with E-state index in [-0.39, 0.29) is 11.9 Å². The normalized spacial score (nSPS) is 17.4. The number of amides is 1. The smallest absolute Gasteiger partial charge is 0.328 e. The standard InChI is InChI=1S/C11H22NO4PS/c1-6-9(3)18-17(5,15)12(8-13)10(4)11(14)16-7-2/h8-10H,6-7H2,1-5H3.